The predicted molar refractivity (Wildman–Crippen MR) is 69.2 cm³/mol. The van der Waals surface area contributed by atoms with E-state index in [0.29, 0.717) is 11.7 Å². The molecule has 1 saturated carbocycles. The number of methoxy groups -OCH3 is 1. The van der Waals surface area contributed by atoms with E-state index < -0.39 is 0 Å². The van der Waals surface area contributed by atoms with Gasteiger partial charge in [0.25, 0.3) is 0 Å². The molecule has 0 bridgehead atoms. The van der Waals surface area contributed by atoms with E-state index in [0.717, 1.165) is 37.7 Å². The second-order valence-electron chi connectivity index (χ2n) is 5.21. The molecule has 2 unspecified atom stereocenters. The Bertz CT molecular complexity index is 392. The van der Waals surface area contributed by atoms with Gasteiger partial charge in [0.1, 0.15) is 0 Å². The highest BCUT2D eigenvalue weighted by atomic mass is 19.1. The minimum Gasteiger partial charge on any atom is -0.494 e. The van der Waals surface area contributed by atoms with Gasteiger partial charge in [0.05, 0.1) is 13.2 Å². The van der Waals surface area contributed by atoms with Crippen molar-refractivity contribution in [3.63, 3.8) is 0 Å². The summed E-state index contributed by atoms with van der Waals surface area (Å²) in [5, 5.41) is 9.78. The highest BCUT2D eigenvalue weighted by Crippen LogP contribution is 2.27. The summed E-state index contributed by atoms with van der Waals surface area (Å²) in [5.41, 5.74) is 0.993. The quantitative estimate of drug-likeness (QED) is 0.836. The van der Waals surface area contributed by atoms with Gasteiger partial charge >= 0.3 is 0 Å². The van der Waals surface area contributed by atoms with Crippen LogP contribution in [0.5, 0.6) is 5.75 Å². The molecule has 0 spiro atoms. The van der Waals surface area contributed by atoms with Crippen molar-refractivity contribution in [3.05, 3.63) is 29.6 Å². The molecule has 1 N–H and O–H groups in total. The van der Waals surface area contributed by atoms with Gasteiger partial charge in [-0.15, -0.1) is 0 Å². The van der Waals surface area contributed by atoms with Gasteiger partial charge in [-0.25, -0.2) is 4.39 Å². The van der Waals surface area contributed by atoms with Crippen LogP contribution in [-0.4, -0.2) is 18.3 Å². The Morgan fingerprint density at radius 2 is 2.11 bits per heavy atom. The van der Waals surface area contributed by atoms with Crippen molar-refractivity contribution in [2.75, 3.05) is 7.11 Å². The van der Waals surface area contributed by atoms with Crippen molar-refractivity contribution in [1.82, 2.24) is 0 Å². The van der Waals surface area contributed by atoms with Gasteiger partial charge in [-0.05, 0) is 42.9 Å². The smallest absolute Gasteiger partial charge is 0.165 e. The van der Waals surface area contributed by atoms with Crippen molar-refractivity contribution >= 4 is 0 Å². The molecule has 0 heterocycles. The number of aliphatic hydroxyl groups is 1. The fourth-order valence-electron chi connectivity index (χ4n) is 2.79. The maximum Gasteiger partial charge on any atom is 0.165 e. The van der Waals surface area contributed by atoms with E-state index in [4.69, 9.17) is 4.74 Å². The average molecular weight is 252 g/mol. The third kappa shape index (κ3) is 3.45. The van der Waals surface area contributed by atoms with Gasteiger partial charge in [-0.1, -0.05) is 25.3 Å². The number of hydrogen-bond donors (Lipinski definition) is 1. The molecule has 0 aromatic heterocycles. The molecule has 18 heavy (non-hydrogen) atoms. The summed E-state index contributed by atoms with van der Waals surface area (Å²) in [6, 6.07) is 5.15. The number of ether oxygens (including phenoxy) is 1. The molecule has 1 aliphatic carbocycles. The van der Waals surface area contributed by atoms with Crippen molar-refractivity contribution in [1.29, 1.82) is 0 Å². The summed E-state index contributed by atoms with van der Waals surface area (Å²) in [6.07, 6.45) is 5.82. The van der Waals surface area contributed by atoms with E-state index in [-0.39, 0.29) is 11.9 Å². The van der Waals surface area contributed by atoms with Crippen LogP contribution in [0.25, 0.3) is 0 Å². The lowest BCUT2D eigenvalue weighted by Crippen LogP contribution is -2.12. The summed E-state index contributed by atoms with van der Waals surface area (Å²) >= 11 is 0. The largest absolute Gasteiger partial charge is 0.494 e. The van der Waals surface area contributed by atoms with E-state index in [1.807, 2.05) is 6.07 Å². The van der Waals surface area contributed by atoms with Crippen LogP contribution in [0, 0.1) is 11.7 Å². The summed E-state index contributed by atoms with van der Waals surface area (Å²) in [4.78, 5) is 0. The molecule has 1 aromatic carbocycles. The van der Waals surface area contributed by atoms with Crippen LogP contribution >= 0.6 is 0 Å². The lowest BCUT2D eigenvalue weighted by molar-refractivity contribution is 0.141. The lowest BCUT2D eigenvalue weighted by Gasteiger charge is -2.16. The van der Waals surface area contributed by atoms with Gasteiger partial charge in [-0.2, -0.15) is 0 Å². The fraction of sp³-hybridized carbons (Fsp3) is 0.600. The number of halogens is 1. The predicted octanol–water partition coefficient (Wildman–Crippen LogP) is 3.32. The molecule has 2 atom stereocenters. The molecule has 0 saturated heterocycles. The molecule has 100 valence electrons. The summed E-state index contributed by atoms with van der Waals surface area (Å²) in [7, 11) is 1.47. The molecule has 0 radical (unpaired) electrons. The van der Waals surface area contributed by atoms with Gasteiger partial charge in [0.2, 0.25) is 0 Å². The lowest BCUT2D eigenvalue weighted by atomic mass is 9.92. The van der Waals surface area contributed by atoms with Crippen LogP contribution < -0.4 is 4.74 Å². The molecular weight excluding hydrogens is 231 g/mol. The zero-order valence-electron chi connectivity index (χ0n) is 10.9. The molecular formula is C15H21FO2. The van der Waals surface area contributed by atoms with E-state index in [1.165, 1.54) is 13.5 Å². The van der Waals surface area contributed by atoms with Crippen LogP contribution in [0.4, 0.5) is 4.39 Å². The van der Waals surface area contributed by atoms with Crippen LogP contribution in [0.2, 0.25) is 0 Å². The Hall–Kier alpha value is -1.09. The number of benzene rings is 1. The Kier molecular flexibility index (Phi) is 4.59. The first-order chi connectivity index (χ1) is 8.69. The number of aliphatic hydroxyl groups excluding tert-OH is 1. The van der Waals surface area contributed by atoms with E-state index >= 15 is 0 Å². The fourth-order valence-corrected chi connectivity index (χ4v) is 2.79. The zero-order chi connectivity index (χ0) is 13.0. The molecule has 1 aliphatic rings. The Morgan fingerprint density at radius 1 is 1.33 bits per heavy atom. The molecule has 0 amide bonds. The van der Waals surface area contributed by atoms with Crippen molar-refractivity contribution in [2.24, 2.45) is 5.92 Å². The Labute approximate surface area is 108 Å². The maximum atomic E-state index is 13.6. The van der Waals surface area contributed by atoms with Crippen LogP contribution in [0.1, 0.15) is 37.7 Å². The Morgan fingerprint density at radius 3 is 2.83 bits per heavy atom. The average Bonchev–Trinajstić information content (AvgIpc) is 2.54. The van der Waals surface area contributed by atoms with Crippen molar-refractivity contribution in [2.45, 2.75) is 44.6 Å². The number of rotatable bonds is 3. The summed E-state index contributed by atoms with van der Waals surface area (Å²) < 4.78 is 18.5. The maximum absolute atomic E-state index is 13.6. The first-order valence-electron chi connectivity index (χ1n) is 6.69. The molecule has 1 fully saturated rings. The SMILES string of the molecule is COc1ccc(CC2CCCCC(O)C2)cc1F. The molecule has 1 aromatic rings. The molecule has 2 nitrogen and oxygen atoms in total. The molecule has 0 aliphatic heterocycles. The van der Waals surface area contributed by atoms with Crippen LogP contribution in [0.15, 0.2) is 18.2 Å². The van der Waals surface area contributed by atoms with Gasteiger partial charge in [0, 0.05) is 0 Å². The highest BCUT2D eigenvalue weighted by molar-refractivity contribution is 5.29. The third-order valence-corrected chi connectivity index (χ3v) is 3.75. The summed E-state index contributed by atoms with van der Waals surface area (Å²) in [5.74, 6) is 0.458. The third-order valence-electron chi connectivity index (χ3n) is 3.75. The van der Waals surface area contributed by atoms with Crippen LogP contribution in [0.3, 0.4) is 0 Å². The second kappa shape index (κ2) is 6.19. The zero-order valence-corrected chi connectivity index (χ0v) is 10.9. The minimum absolute atomic E-state index is 0.180. The normalized spacial score (nSPS) is 24.6. The Balaban J connectivity index is 2.01. The van der Waals surface area contributed by atoms with Gasteiger partial charge in [-0.3, -0.25) is 0 Å². The molecule has 2 rings (SSSR count). The minimum atomic E-state index is -0.302. The van der Waals surface area contributed by atoms with Crippen LogP contribution in [-0.2, 0) is 6.42 Å². The summed E-state index contributed by atoms with van der Waals surface area (Å²) in [6.45, 7) is 0. The van der Waals surface area contributed by atoms with E-state index in [9.17, 15) is 9.50 Å². The van der Waals surface area contributed by atoms with Crippen molar-refractivity contribution < 1.29 is 14.2 Å². The topological polar surface area (TPSA) is 29.5 Å². The van der Waals surface area contributed by atoms with E-state index in [1.54, 1.807) is 12.1 Å². The molecule has 3 heteroatoms. The second-order valence-corrected chi connectivity index (χ2v) is 5.21. The number of hydrogen-bond acceptors (Lipinski definition) is 2. The highest BCUT2D eigenvalue weighted by Gasteiger charge is 2.19. The van der Waals surface area contributed by atoms with Gasteiger partial charge in [0.15, 0.2) is 11.6 Å². The van der Waals surface area contributed by atoms with Crippen molar-refractivity contribution in [3.8, 4) is 5.75 Å². The van der Waals surface area contributed by atoms with E-state index in [2.05, 4.69) is 0 Å². The first-order valence-corrected chi connectivity index (χ1v) is 6.69. The standard InChI is InChI=1S/C15H21FO2/c1-18-15-7-6-12(10-14(15)16)8-11-4-2-3-5-13(17)9-11/h6-7,10-11,13,17H,2-5,8-9H2,1H3. The monoisotopic (exact) mass is 252 g/mol. The van der Waals surface area contributed by atoms with Gasteiger partial charge < -0.3 is 9.84 Å². The first kappa shape index (κ1) is 13.3.